The monoisotopic (exact) mass is 307 g/mol. The third-order valence-corrected chi connectivity index (χ3v) is 4.60. The number of isocyanates is 1. The lowest BCUT2D eigenvalue weighted by atomic mass is 9.69. The van der Waals surface area contributed by atoms with E-state index in [1.165, 1.54) is 0 Å². The Hall–Kier alpha value is -1.51. The van der Waals surface area contributed by atoms with Crippen molar-refractivity contribution in [2.24, 2.45) is 4.99 Å². The molecule has 0 unspecified atom stereocenters. The summed E-state index contributed by atoms with van der Waals surface area (Å²) in [7, 11) is 0. The molecule has 0 aromatic heterocycles. The maximum Gasteiger partial charge on any atom is 0.235 e. The molecule has 0 amide bonds. The molecule has 1 saturated carbocycles. The molecular weight excluding hydrogens is 290 g/mol. The number of hydrogen-bond donors (Lipinski definition) is 0. The quantitative estimate of drug-likeness (QED) is 0.627. The van der Waals surface area contributed by atoms with Gasteiger partial charge in [0, 0.05) is 5.56 Å². The van der Waals surface area contributed by atoms with E-state index in [2.05, 4.69) is 18.8 Å². The number of halogens is 1. The van der Waals surface area contributed by atoms with Crippen LogP contribution in [-0.4, -0.2) is 19.3 Å². The smallest absolute Gasteiger partial charge is 0.235 e. The van der Waals surface area contributed by atoms with Crippen molar-refractivity contribution in [3.05, 3.63) is 22.2 Å². The Balaban J connectivity index is 2.25. The van der Waals surface area contributed by atoms with E-state index in [4.69, 9.17) is 21.1 Å². The summed E-state index contributed by atoms with van der Waals surface area (Å²) in [6.07, 6.45) is 4.48. The number of nitrogens with zero attached hydrogens (tertiary/aromatic N) is 1. The first-order valence-electron chi connectivity index (χ1n) is 7.30. The lowest BCUT2D eigenvalue weighted by Crippen LogP contribution is -2.34. The molecule has 1 aromatic rings. The Morgan fingerprint density at radius 3 is 2.48 bits per heavy atom. The maximum atomic E-state index is 10.9. The molecule has 0 radical (unpaired) electrons. The molecule has 0 spiro atoms. The minimum Gasteiger partial charge on any atom is -0.486 e. The second kappa shape index (κ2) is 5.36. The van der Waals surface area contributed by atoms with Crippen molar-refractivity contribution < 1.29 is 14.3 Å². The molecule has 1 aliphatic carbocycles. The molecule has 0 saturated heterocycles. The van der Waals surface area contributed by atoms with Crippen LogP contribution in [0.5, 0.6) is 11.5 Å². The number of rotatable bonds is 3. The first-order valence-corrected chi connectivity index (χ1v) is 7.68. The van der Waals surface area contributed by atoms with Crippen LogP contribution in [0.1, 0.15) is 50.2 Å². The van der Waals surface area contributed by atoms with E-state index < -0.39 is 5.54 Å². The second-order valence-corrected chi connectivity index (χ2v) is 6.32. The van der Waals surface area contributed by atoms with Gasteiger partial charge in [-0.25, -0.2) is 4.79 Å². The van der Waals surface area contributed by atoms with Gasteiger partial charge in [0.15, 0.2) is 11.5 Å². The van der Waals surface area contributed by atoms with E-state index in [1.54, 1.807) is 6.08 Å². The molecule has 0 bridgehead atoms. The highest BCUT2D eigenvalue weighted by Gasteiger charge is 2.43. The zero-order valence-corrected chi connectivity index (χ0v) is 13.0. The number of hydrogen-bond acceptors (Lipinski definition) is 4. The summed E-state index contributed by atoms with van der Waals surface area (Å²) in [4.78, 5) is 15.0. The summed E-state index contributed by atoms with van der Waals surface area (Å²) >= 11 is 6.37. The summed E-state index contributed by atoms with van der Waals surface area (Å²) in [5.74, 6) is 1.55. The van der Waals surface area contributed by atoms with Gasteiger partial charge in [-0.2, -0.15) is 4.99 Å². The zero-order chi connectivity index (χ0) is 15.0. The minimum absolute atomic E-state index is 0.229. The molecule has 1 fully saturated rings. The third-order valence-electron chi connectivity index (χ3n) is 4.32. The van der Waals surface area contributed by atoms with Crippen molar-refractivity contribution in [2.45, 2.75) is 44.6 Å². The Kier molecular flexibility index (Phi) is 3.68. The number of fused-ring (bicyclic) bond motifs is 1. The van der Waals surface area contributed by atoms with Gasteiger partial charge in [-0.15, -0.1) is 0 Å². The third kappa shape index (κ3) is 2.23. The number of benzene rings is 1. The van der Waals surface area contributed by atoms with Gasteiger partial charge in [0.25, 0.3) is 0 Å². The van der Waals surface area contributed by atoms with Gasteiger partial charge in [-0.3, -0.25) is 0 Å². The summed E-state index contributed by atoms with van der Waals surface area (Å²) in [5.41, 5.74) is 1.55. The minimum atomic E-state index is -0.485. The average Bonchev–Trinajstić information content (AvgIpc) is 2.42. The summed E-state index contributed by atoms with van der Waals surface area (Å²) < 4.78 is 11.5. The van der Waals surface area contributed by atoms with E-state index in [0.29, 0.717) is 29.7 Å². The lowest BCUT2D eigenvalue weighted by molar-refractivity contribution is 0.167. The van der Waals surface area contributed by atoms with Crippen LogP contribution in [-0.2, 0) is 10.3 Å². The van der Waals surface area contributed by atoms with Gasteiger partial charge in [-0.1, -0.05) is 25.4 Å². The fraction of sp³-hybridized carbons (Fsp3) is 0.562. The maximum absolute atomic E-state index is 10.9. The van der Waals surface area contributed by atoms with Crippen molar-refractivity contribution in [3.8, 4) is 11.5 Å². The first kappa shape index (κ1) is 14.4. The van der Waals surface area contributed by atoms with Crippen LogP contribution in [0.4, 0.5) is 0 Å². The van der Waals surface area contributed by atoms with Crippen LogP contribution >= 0.6 is 11.6 Å². The Morgan fingerprint density at radius 1 is 1.29 bits per heavy atom. The predicted molar refractivity (Wildman–Crippen MR) is 80.2 cm³/mol. The Bertz CT molecular complexity index is 616. The van der Waals surface area contributed by atoms with Crippen LogP contribution < -0.4 is 9.47 Å². The van der Waals surface area contributed by atoms with E-state index in [9.17, 15) is 4.79 Å². The van der Waals surface area contributed by atoms with Crippen LogP contribution in [0.25, 0.3) is 0 Å². The molecule has 1 heterocycles. The van der Waals surface area contributed by atoms with Gasteiger partial charge in [-0.05, 0) is 36.8 Å². The normalized spacial score (nSPS) is 18.9. The van der Waals surface area contributed by atoms with Crippen LogP contribution in [0.2, 0.25) is 5.02 Å². The molecule has 3 rings (SSSR count). The molecule has 0 N–H and O–H groups in total. The highest BCUT2D eigenvalue weighted by Crippen LogP contribution is 2.53. The lowest BCUT2D eigenvalue weighted by Gasteiger charge is -2.40. The van der Waals surface area contributed by atoms with Crippen molar-refractivity contribution >= 4 is 17.7 Å². The van der Waals surface area contributed by atoms with Crippen molar-refractivity contribution in [3.63, 3.8) is 0 Å². The molecule has 1 aromatic carbocycles. The topological polar surface area (TPSA) is 47.9 Å². The van der Waals surface area contributed by atoms with E-state index >= 15 is 0 Å². The molecule has 2 aliphatic rings. The first-order chi connectivity index (χ1) is 10.1. The SMILES string of the molecule is CC(C)c1c(C2(N=C=O)CCC2)cc(Cl)c2c1OCCO2. The summed E-state index contributed by atoms with van der Waals surface area (Å²) in [6, 6.07) is 1.89. The van der Waals surface area contributed by atoms with Crippen LogP contribution in [0.15, 0.2) is 11.1 Å². The van der Waals surface area contributed by atoms with E-state index in [0.717, 1.165) is 30.4 Å². The molecule has 1 aliphatic heterocycles. The van der Waals surface area contributed by atoms with Gasteiger partial charge in [0.1, 0.15) is 13.2 Å². The van der Waals surface area contributed by atoms with Gasteiger partial charge >= 0.3 is 0 Å². The Labute approximate surface area is 129 Å². The fourth-order valence-corrected chi connectivity index (χ4v) is 3.44. The predicted octanol–water partition coefficient (Wildman–Crippen LogP) is 3.95. The van der Waals surface area contributed by atoms with E-state index in [-0.39, 0.29) is 5.92 Å². The van der Waals surface area contributed by atoms with Crippen molar-refractivity contribution in [2.75, 3.05) is 13.2 Å². The summed E-state index contributed by atoms with van der Waals surface area (Å²) in [5, 5.41) is 0.525. The molecule has 5 heteroatoms. The molecule has 112 valence electrons. The number of aliphatic imine (C=N–C) groups is 1. The summed E-state index contributed by atoms with van der Waals surface area (Å²) in [6.45, 7) is 5.21. The molecular formula is C16H18ClNO3. The fourth-order valence-electron chi connectivity index (χ4n) is 3.19. The molecule has 4 nitrogen and oxygen atoms in total. The molecule has 21 heavy (non-hydrogen) atoms. The number of ether oxygens (including phenoxy) is 2. The zero-order valence-electron chi connectivity index (χ0n) is 12.2. The average molecular weight is 308 g/mol. The highest BCUT2D eigenvalue weighted by atomic mass is 35.5. The van der Waals surface area contributed by atoms with Gasteiger partial charge in [0.05, 0.1) is 10.6 Å². The highest BCUT2D eigenvalue weighted by molar-refractivity contribution is 6.32. The second-order valence-electron chi connectivity index (χ2n) is 5.92. The van der Waals surface area contributed by atoms with Crippen LogP contribution in [0, 0.1) is 0 Å². The van der Waals surface area contributed by atoms with Crippen LogP contribution in [0.3, 0.4) is 0 Å². The standard InChI is InChI=1S/C16H18ClNO3/c1-10(2)13-11(16(18-9-19)4-3-5-16)8-12(17)14-15(13)21-7-6-20-14/h8,10H,3-7H2,1-2H3. The number of carbonyl (C=O) groups excluding carboxylic acids is 1. The van der Waals surface area contributed by atoms with E-state index in [1.807, 2.05) is 6.07 Å². The van der Waals surface area contributed by atoms with Crippen molar-refractivity contribution in [1.82, 2.24) is 0 Å². The Morgan fingerprint density at radius 2 is 1.95 bits per heavy atom. The van der Waals surface area contributed by atoms with Gasteiger partial charge < -0.3 is 9.47 Å². The molecule has 0 atom stereocenters. The largest absolute Gasteiger partial charge is 0.486 e. The van der Waals surface area contributed by atoms with Gasteiger partial charge in [0.2, 0.25) is 6.08 Å². The van der Waals surface area contributed by atoms with Crippen molar-refractivity contribution in [1.29, 1.82) is 0 Å².